The number of anilines is 2. The molecule has 33 heavy (non-hydrogen) atoms. The molecule has 0 spiro atoms. The van der Waals surface area contributed by atoms with Gasteiger partial charge in [-0.25, -0.2) is 15.0 Å². The summed E-state index contributed by atoms with van der Waals surface area (Å²) in [7, 11) is 1.85. The zero-order valence-electron chi connectivity index (χ0n) is 19.2. The number of aromatic nitrogens is 6. The molecule has 0 radical (unpaired) electrons. The Kier molecular flexibility index (Phi) is 6.19. The van der Waals surface area contributed by atoms with Crippen molar-refractivity contribution in [3.8, 4) is 11.4 Å². The van der Waals surface area contributed by atoms with Gasteiger partial charge < -0.3 is 10.6 Å². The van der Waals surface area contributed by atoms with Crippen LogP contribution < -0.4 is 10.6 Å². The minimum atomic E-state index is -0.131. The maximum Gasteiger partial charge on any atom is 0.263 e. The summed E-state index contributed by atoms with van der Waals surface area (Å²) >= 11 is 1.43. The summed E-state index contributed by atoms with van der Waals surface area (Å²) in [5.74, 6) is 0.337. The second-order valence-corrected chi connectivity index (χ2v) is 9.73. The maximum absolute atomic E-state index is 12.6. The molecule has 0 bridgehead atoms. The SMILES string of the molecule is Cc1nc(-c2ccnc(Nc3cnn(C)c3)n2)ccc1CNC(=O)c1cnc(C(C)(C)C)s1. The molecule has 0 unspecified atom stereocenters. The van der Waals surface area contributed by atoms with Crippen molar-refractivity contribution in [2.75, 3.05) is 5.32 Å². The fourth-order valence-electron chi connectivity index (χ4n) is 3.08. The number of pyridine rings is 1. The molecule has 0 aliphatic carbocycles. The van der Waals surface area contributed by atoms with Crippen molar-refractivity contribution in [2.24, 2.45) is 7.05 Å². The molecular formula is C23H26N8OS. The Hall–Kier alpha value is -3.66. The normalized spacial score (nSPS) is 11.4. The van der Waals surface area contributed by atoms with Gasteiger partial charge in [-0.1, -0.05) is 26.8 Å². The van der Waals surface area contributed by atoms with Gasteiger partial charge in [0.2, 0.25) is 5.95 Å². The molecule has 0 aliphatic heterocycles. The molecule has 170 valence electrons. The Bertz CT molecular complexity index is 1290. The highest BCUT2D eigenvalue weighted by Gasteiger charge is 2.20. The zero-order chi connectivity index (χ0) is 23.6. The van der Waals surface area contributed by atoms with Gasteiger partial charge in [-0.15, -0.1) is 11.3 Å². The highest BCUT2D eigenvalue weighted by Crippen LogP contribution is 2.27. The molecule has 4 aromatic heterocycles. The van der Waals surface area contributed by atoms with Crippen LogP contribution in [0.2, 0.25) is 0 Å². The Balaban J connectivity index is 1.43. The van der Waals surface area contributed by atoms with Crippen LogP contribution >= 0.6 is 11.3 Å². The third-order valence-electron chi connectivity index (χ3n) is 4.88. The van der Waals surface area contributed by atoms with E-state index in [2.05, 4.69) is 56.4 Å². The van der Waals surface area contributed by atoms with E-state index in [0.29, 0.717) is 23.1 Å². The molecule has 4 rings (SSSR count). The number of thiazole rings is 1. The largest absolute Gasteiger partial charge is 0.347 e. The summed E-state index contributed by atoms with van der Waals surface area (Å²) in [5.41, 5.74) is 3.93. The molecule has 4 aromatic rings. The summed E-state index contributed by atoms with van der Waals surface area (Å²) in [5, 5.41) is 11.2. The maximum atomic E-state index is 12.6. The van der Waals surface area contributed by atoms with Crippen LogP contribution in [0.25, 0.3) is 11.4 Å². The van der Waals surface area contributed by atoms with Crippen molar-refractivity contribution in [1.82, 2.24) is 35.0 Å². The van der Waals surface area contributed by atoms with Gasteiger partial charge in [-0.2, -0.15) is 5.10 Å². The number of rotatable bonds is 6. The lowest BCUT2D eigenvalue weighted by atomic mass is 9.98. The fraction of sp³-hybridized carbons (Fsp3) is 0.304. The first-order chi connectivity index (χ1) is 15.7. The summed E-state index contributed by atoms with van der Waals surface area (Å²) in [6, 6.07) is 5.67. The van der Waals surface area contributed by atoms with Gasteiger partial charge in [-0.3, -0.25) is 14.5 Å². The third kappa shape index (κ3) is 5.40. The van der Waals surface area contributed by atoms with E-state index >= 15 is 0 Å². The van der Waals surface area contributed by atoms with Crippen LogP contribution in [0.5, 0.6) is 0 Å². The number of nitrogens with one attached hydrogen (secondary N) is 2. The number of nitrogens with zero attached hydrogens (tertiary/aromatic N) is 6. The van der Waals surface area contributed by atoms with Gasteiger partial charge in [0.1, 0.15) is 4.88 Å². The summed E-state index contributed by atoms with van der Waals surface area (Å²) < 4.78 is 1.70. The van der Waals surface area contributed by atoms with Gasteiger partial charge in [0, 0.05) is 37.1 Å². The van der Waals surface area contributed by atoms with Crippen LogP contribution in [-0.2, 0) is 19.0 Å². The topological polar surface area (TPSA) is 111 Å². The summed E-state index contributed by atoms with van der Waals surface area (Å²) in [6.07, 6.45) is 6.88. The molecule has 0 saturated carbocycles. The molecule has 0 saturated heterocycles. The Morgan fingerprint density at radius 1 is 1.09 bits per heavy atom. The number of hydrogen-bond acceptors (Lipinski definition) is 8. The lowest BCUT2D eigenvalue weighted by molar-refractivity contribution is 0.0954. The molecular weight excluding hydrogens is 436 g/mol. The summed E-state index contributed by atoms with van der Waals surface area (Å²) in [4.78, 5) is 31.1. The van der Waals surface area contributed by atoms with Crippen molar-refractivity contribution in [2.45, 2.75) is 39.7 Å². The van der Waals surface area contributed by atoms with Crippen molar-refractivity contribution >= 4 is 28.9 Å². The molecule has 0 fully saturated rings. The lowest BCUT2D eigenvalue weighted by Gasteiger charge is -2.13. The second kappa shape index (κ2) is 9.07. The number of carbonyl (C=O) groups excluding carboxylic acids is 1. The van der Waals surface area contributed by atoms with Crippen LogP contribution in [0.4, 0.5) is 11.6 Å². The van der Waals surface area contributed by atoms with Crippen molar-refractivity contribution in [3.05, 3.63) is 64.1 Å². The van der Waals surface area contributed by atoms with E-state index in [0.717, 1.165) is 27.6 Å². The molecule has 2 N–H and O–H groups in total. The summed E-state index contributed by atoms with van der Waals surface area (Å²) in [6.45, 7) is 8.56. The lowest BCUT2D eigenvalue weighted by Crippen LogP contribution is -2.22. The zero-order valence-corrected chi connectivity index (χ0v) is 20.1. The molecule has 0 aromatic carbocycles. The van der Waals surface area contributed by atoms with Crippen molar-refractivity contribution < 1.29 is 4.79 Å². The van der Waals surface area contributed by atoms with Crippen LogP contribution in [0.15, 0.2) is 43.0 Å². The predicted molar refractivity (Wildman–Crippen MR) is 128 cm³/mol. The highest BCUT2D eigenvalue weighted by atomic mass is 32.1. The van der Waals surface area contributed by atoms with Gasteiger partial charge in [0.25, 0.3) is 5.91 Å². The Labute approximate surface area is 196 Å². The van der Waals surface area contributed by atoms with Crippen LogP contribution in [0.1, 0.15) is 46.7 Å². The van der Waals surface area contributed by atoms with E-state index < -0.39 is 0 Å². The first-order valence-electron chi connectivity index (χ1n) is 10.5. The average molecular weight is 463 g/mol. The fourth-order valence-corrected chi connectivity index (χ4v) is 3.97. The van der Waals surface area contributed by atoms with Crippen molar-refractivity contribution in [1.29, 1.82) is 0 Å². The smallest absolute Gasteiger partial charge is 0.263 e. The second-order valence-electron chi connectivity index (χ2n) is 8.70. The first kappa shape index (κ1) is 22.5. The van der Waals surface area contributed by atoms with Gasteiger partial charge in [-0.05, 0) is 24.6 Å². The monoisotopic (exact) mass is 462 g/mol. The Morgan fingerprint density at radius 2 is 1.88 bits per heavy atom. The van der Waals surface area contributed by atoms with E-state index in [1.54, 1.807) is 23.3 Å². The molecule has 9 nitrogen and oxygen atoms in total. The molecule has 0 atom stereocenters. The minimum Gasteiger partial charge on any atom is -0.347 e. The third-order valence-corrected chi connectivity index (χ3v) is 6.31. The van der Waals surface area contributed by atoms with E-state index in [1.807, 2.05) is 38.4 Å². The van der Waals surface area contributed by atoms with Gasteiger partial charge in [0.15, 0.2) is 0 Å². The van der Waals surface area contributed by atoms with E-state index in [-0.39, 0.29) is 11.3 Å². The number of hydrogen-bond donors (Lipinski definition) is 2. The molecule has 4 heterocycles. The average Bonchev–Trinajstić information content (AvgIpc) is 3.42. The van der Waals surface area contributed by atoms with E-state index in [4.69, 9.17) is 0 Å². The van der Waals surface area contributed by atoms with Crippen LogP contribution in [0.3, 0.4) is 0 Å². The van der Waals surface area contributed by atoms with Gasteiger partial charge >= 0.3 is 0 Å². The standard InChI is InChI=1S/C23H26N8OS/c1-14-15(10-25-20(32)19-12-26-21(33-19)23(2,3)4)6-7-17(28-14)18-8-9-24-22(30-18)29-16-11-27-31(5)13-16/h6-9,11-13H,10H2,1-5H3,(H,25,32)(H,24,29,30). The van der Waals surface area contributed by atoms with E-state index in [1.165, 1.54) is 11.3 Å². The quantitative estimate of drug-likeness (QED) is 0.445. The number of amides is 1. The molecule has 0 aliphatic rings. The Morgan fingerprint density at radius 3 is 2.55 bits per heavy atom. The molecule has 1 amide bonds. The first-order valence-corrected chi connectivity index (χ1v) is 11.3. The highest BCUT2D eigenvalue weighted by molar-refractivity contribution is 7.13. The van der Waals surface area contributed by atoms with Crippen molar-refractivity contribution in [3.63, 3.8) is 0 Å². The molecule has 10 heteroatoms. The number of aryl methyl sites for hydroxylation is 2. The van der Waals surface area contributed by atoms with E-state index in [9.17, 15) is 4.79 Å². The predicted octanol–water partition coefficient (Wildman–Crippen LogP) is 4.01. The van der Waals surface area contributed by atoms with Crippen LogP contribution in [-0.4, -0.2) is 35.6 Å². The van der Waals surface area contributed by atoms with Gasteiger partial charge in [0.05, 0.1) is 34.5 Å². The minimum absolute atomic E-state index is 0.0755. The van der Waals surface area contributed by atoms with Crippen LogP contribution in [0, 0.1) is 6.92 Å². The number of carbonyl (C=O) groups is 1.